The van der Waals surface area contributed by atoms with Crippen molar-refractivity contribution in [1.82, 2.24) is 0 Å². The number of fused-ring (bicyclic) bond motifs is 4. The van der Waals surface area contributed by atoms with E-state index in [-0.39, 0.29) is 40.9 Å². The summed E-state index contributed by atoms with van der Waals surface area (Å²) in [5, 5.41) is 11.0. The predicted octanol–water partition coefficient (Wildman–Crippen LogP) is 7.09. The largest absolute Gasteiger partial charge is 0.490 e. The van der Waals surface area contributed by atoms with Crippen LogP contribution in [0.25, 0.3) is 0 Å². The monoisotopic (exact) mass is 724 g/mol. The van der Waals surface area contributed by atoms with Gasteiger partial charge in [0.25, 0.3) is 0 Å². The zero-order valence-electron chi connectivity index (χ0n) is 29.9. The fourth-order valence-corrected chi connectivity index (χ4v) is 13.1. The first-order valence-electron chi connectivity index (χ1n) is 17.8. The first-order valence-corrected chi connectivity index (χ1v) is 17.8. The zero-order valence-corrected chi connectivity index (χ0v) is 29.9. The molecule has 0 amide bonds. The fraction of sp³-hybridized carbons (Fsp3) is 0.917. The molecule has 1 saturated heterocycles. The Bertz CT molecular complexity index is 1420. The third-order valence-corrected chi connectivity index (χ3v) is 15.0. The van der Waals surface area contributed by atoms with Crippen molar-refractivity contribution in [1.29, 1.82) is 0 Å². The zero-order chi connectivity index (χ0) is 37.4. The molecule has 0 aromatic carbocycles. The Morgan fingerprint density at radius 1 is 0.840 bits per heavy atom. The van der Waals surface area contributed by atoms with Gasteiger partial charge in [0.2, 0.25) is 0 Å². The van der Waals surface area contributed by atoms with Crippen LogP contribution in [-0.2, 0) is 33.3 Å². The minimum absolute atomic E-state index is 0.0883. The van der Waals surface area contributed by atoms with Crippen LogP contribution < -0.4 is 0 Å². The van der Waals surface area contributed by atoms with Crippen LogP contribution in [0, 0.1) is 50.7 Å². The van der Waals surface area contributed by atoms with E-state index in [0.29, 0.717) is 32.1 Å². The molecule has 1 aliphatic heterocycles. The van der Waals surface area contributed by atoms with E-state index in [2.05, 4.69) is 6.92 Å². The van der Waals surface area contributed by atoms with E-state index in [1.54, 1.807) is 0 Å². The van der Waals surface area contributed by atoms with E-state index in [1.807, 2.05) is 27.7 Å². The number of rotatable bonds is 5. The van der Waals surface area contributed by atoms with E-state index < -0.39 is 82.6 Å². The van der Waals surface area contributed by atoms with Crippen molar-refractivity contribution in [3.05, 3.63) is 0 Å². The summed E-state index contributed by atoms with van der Waals surface area (Å²) in [6.45, 7) is 13.8. The molecular formula is C36H50F6O8. The third kappa shape index (κ3) is 5.16. The second-order valence-electron chi connectivity index (χ2n) is 18.0. The number of hydrogen-bond acceptors (Lipinski definition) is 8. The summed E-state index contributed by atoms with van der Waals surface area (Å²) in [4.78, 5) is 36.7. The van der Waals surface area contributed by atoms with Crippen molar-refractivity contribution in [2.75, 3.05) is 0 Å². The predicted molar refractivity (Wildman–Crippen MR) is 164 cm³/mol. The fourth-order valence-electron chi connectivity index (χ4n) is 13.1. The molecule has 8 nitrogen and oxygen atoms in total. The van der Waals surface area contributed by atoms with Gasteiger partial charge in [-0.3, -0.25) is 4.79 Å². The lowest BCUT2D eigenvalue weighted by Gasteiger charge is -2.63. The van der Waals surface area contributed by atoms with Crippen LogP contribution >= 0.6 is 0 Å². The number of aliphatic hydroxyl groups is 1. The third-order valence-electron chi connectivity index (χ3n) is 15.0. The van der Waals surface area contributed by atoms with E-state index >= 15 is 0 Å². The van der Waals surface area contributed by atoms with Gasteiger partial charge in [0.05, 0.1) is 17.8 Å². The molecule has 0 aromatic rings. The van der Waals surface area contributed by atoms with Crippen molar-refractivity contribution in [2.45, 2.75) is 155 Å². The van der Waals surface area contributed by atoms with Crippen LogP contribution in [-0.4, -0.2) is 71.5 Å². The summed E-state index contributed by atoms with van der Waals surface area (Å²) >= 11 is 0. The van der Waals surface area contributed by atoms with Crippen LogP contribution in [0.15, 0.2) is 0 Å². The van der Waals surface area contributed by atoms with Crippen molar-refractivity contribution in [2.24, 2.45) is 50.7 Å². The number of esters is 3. The summed E-state index contributed by atoms with van der Waals surface area (Å²) in [6, 6.07) is 0. The van der Waals surface area contributed by atoms with Gasteiger partial charge >= 0.3 is 30.3 Å². The normalized spacial score (nSPS) is 45.4. The Morgan fingerprint density at radius 3 is 1.96 bits per heavy atom. The summed E-state index contributed by atoms with van der Waals surface area (Å²) < 4.78 is 104. The number of hydrogen-bond donors (Lipinski definition) is 1. The highest BCUT2D eigenvalue weighted by Crippen LogP contribution is 2.89. The Labute approximate surface area is 288 Å². The molecule has 1 heterocycles. The topological polar surface area (TPSA) is 108 Å². The van der Waals surface area contributed by atoms with Gasteiger partial charge in [0.15, 0.2) is 6.10 Å². The van der Waals surface area contributed by atoms with Crippen LogP contribution in [0.4, 0.5) is 26.3 Å². The standard InChI is InChI=1S/C36H50F6O8/c1-17-15-19(25(30(5,6)46)47-18(2)43)48-24-23(17)31(7)13-14-34-16-33(34)12-11-22(49-27(44)35(37,38)39)29(3,4)20(33)9-10-21(34)32(31,8)26(24)50-28(45)36(40,41)42/h17,19-26,46H,9-16H2,1-8H3. The highest BCUT2D eigenvalue weighted by molar-refractivity contribution is 5.76. The molecule has 50 heavy (non-hydrogen) atoms. The molecule has 1 N–H and O–H groups in total. The maximum atomic E-state index is 14.0. The molecule has 14 heteroatoms. The van der Waals surface area contributed by atoms with Gasteiger partial charge in [0, 0.05) is 17.8 Å². The van der Waals surface area contributed by atoms with Crippen LogP contribution in [0.3, 0.4) is 0 Å². The molecule has 0 radical (unpaired) electrons. The summed E-state index contributed by atoms with van der Waals surface area (Å²) in [6.07, 6.45) is -11.3. The lowest BCUT2D eigenvalue weighted by Crippen LogP contribution is -2.60. The molecule has 0 bridgehead atoms. The highest BCUT2D eigenvalue weighted by atomic mass is 19.4. The SMILES string of the molecule is CC(=O)OC(C1CC(C)C2C(O1)C(OC(=O)C(F)(F)F)C1(C)C3CCC4C(C)(C)C(OC(=O)C(F)(F)F)CCC45CC35CCC21C)C(C)(C)O. The quantitative estimate of drug-likeness (QED) is 0.182. The summed E-state index contributed by atoms with van der Waals surface area (Å²) in [5.41, 5.74) is -4.63. The first kappa shape index (κ1) is 37.7. The Morgan fingerprint density at radius 2 is 1.40 bits per heavy atom. The molecule has 5 aliphatic carbocycles. The van der Waals surface area contributed by atoms with Gasteiger partial charge in [-0.05, 0) is 105 Å². The molecule has 6 rings (SSSR count). The molecule has 6 fully saturated rings. The minimum Gasteiger partial charge on any atom is -0.457 e. The van der Waals surface area contributed by atoms with Crippen molar-refractivity contribution in [3.63, 3.8) is 0 Å². The molecule has 0 aromatic heterocycles. The highest BCUT2D eigenvalue weighted by Gasteiger charge is 2.85. The van der Waals surface area contributed by atoms with Gasteiger partial charge in [0.1, 0.15) is 12.2 Å². The van der Waals surface area contributed by atoms with Crippen molar-refractivity contribution >= 4 is 17.9 Å². The molecule has 6 aliphatic rings. The van der Waals surface area contributed by atoms with Crippen molar-refractivity contribution < 1.29 is 64.8 Å². The molecule has 13 unspecified atom stereocenters. The lowest BCUT2D eigenvalue weighted by molar-refractivity contribution is -0.239. The van der Waals surface area contributed by atoms with Gasteiger partial charge in [-0.2, -0.15) is 26.3 Å². The molecule has 284 valence electrons. The minimum atomic E-state index is -5.26. The van der Waals surface area contributed by atoms with Gasteiger partial charge in [-0.15, -0.1) is 0 Å². The van der Waals surface area contributed by atoms with E-state index in [0.717, 1.165) is 12.8 Å². The van der Waals surface area contributed by atoms with Crippen LogP contribution in [0.1, 0.15) is 107 Å². The lowest BCUT2D eigenvalue weighted by atomic mass is 9.41. The second kappa shape index (κ2) is 11.2. The average molecular weight is 725 g/mol. The van der Waals surface area contributed by atoms with Crippen LogP contribution in [0.5, 0.6) is 0 Å². The Balaban J connectivity index is 1.39. The maximum absolute atomic E-state index is 14.0. The van der Waals surface area contributed by atoms with E-state index in [1.165, 1.54) is 20.8 Å². The molecule has 5 saturated carbocycles. The van der Waals surface area contributed by atoms with Crippen LogP contribution in [0.2, 0.25) is 0 Å². The Kier molecular flexibility index (Phi) is 8.44. The van der Waals surface area contributed by atoms with Gasteiger partial charge in [-0.1, -0.05) is 34.6 Å². The number of alkyl halides is 6. The maximum Gasteiger partial charge on any atom is 0.490 e. The Hall–Kier alpha value is -2.09. The molecular weight excluding hydrogens is 674 g/mol. The molecule has 13 atom stereocenters. The van der Waals surface area contributed by atoms with Gasteiger partial charge in [-0.25, -0.2) is 9.59 Å². The smallest absolute Gasteiger partial charge is 0.457 e. The van der Waals surface area contributed by atoms with E-state index in [9.17, 15) is 45.8 Å². The number of halogens is 6. The average Bonchev–Trinajstić information content (AvgIpc) is 3.58. The molecule has 2 spiro atoms. The summed E-state index contributed by atoms with van der Waals surface area (Å²) in [7, 11) is 0. The van der Waals surface area contributed by atoms with Gasteiger partial charge < -0.3 is 24.1 Å². The number of carbonyl (C=O) groups is 3. The first-order chi connectivity index (χ1) is 22.7. The van der Waals surface area contributed by atoms with E-state index in [4.69, 9.17) is 18.9 Å². The number of carbonyl (C=O) groups excluding carboxylic acids is 3. The second-order valence-corrected chi connectivity index (χ2v) is 18.0. The summed E-state index contributed by atoms with van der Waals surface area (Å²) in [5.74, 6) is -5.95. The number of ether oxygens (including phenoxy) is 4. The van der Waals surface area contributed by atoms with Crippen molar-refractivity contribution in [3.8, 4) is 0 Å².